The molecule has 1 saturated heterocycles. The molecule has 6 nitrogen and oxygen atoms in total. The fraction of sp³-hybridized carbons (Fsp3) is 0.458. The van der Waals surface area contributed by atoms with E-state index in [2.05, 4.69) is 34.5 Å². The van der Waals surface area contributed by atoms with Gasteiger partial charge in [-0.15, -0.1) is 0 Å². The molecule has 1 fully saturated rings. The Morgan fingerprint density at radius 2 is 1.70 bits per heavy atom. The Morgan fingerprint density at radius 1 is 1.10 bits per heavy atom. The van der Waals surface area contributed by atoms with Gasteiger partial charge in [0.25, 0.3) is 0 Å². The average Bonchev–Trinajstić information content (AvgIpc) is 3.08. The van der Waals surface area contributed by atoms with Crippen molar-refractivity contribution in [3.05, 3.63) is 59.7 Å². The largest absolute Gasteiger partial charge is 0.449 e. The first kappa shape index (κ1) is 20.8. The molecule has 6 heteroatoms. The zero-order valence-electron chi connectivity index (χ0n) is 17.4. The van der Waals surface area contributed by atoms with Crippen molar-refractivity contribution in [1.29, 1.82) is 0 Å². The lowest BCUT2D eigenvalue weighted by Gasteiger charge is -2.33. The van der Waals surface area contributed by atoms with Crippen molar-refractivity contribution < 1.29 is 19.4 Å². The van der Waals surface area contributed by atoms with E-state index < -0.39 is 6.10 Å². The van der Waals surface area contributed by atoms with E-state index in [-0.39, 0.29) is 18.1 Å². The van der Waals surface area contributed by atoms with Crippen LogP contribution in [0, 0.1) is 0 Å². The molecule has 2 N–H and O–H groups in total. The zero-order valence-corrected chi connectivity index (χ0v) is 17.4. The number of alkyl carbamates (subject to hydrolysis) is 1. The maximum atomic E-state index is 12.4. The van der Waals surface area contributed by atoms with Gasteiger partial charge in [0.1, 0.15) is 6.61 Å². The summed E-state index contributed by atoms with van der Waals surface area (Å²) < 4.78 is 10.6. The van der Waals surface area contributed by atoms with E-state index in [4.69, 9.17) is 9.47 Å². The van der Waals surface area contributed by atoms with Crippen LogP contribution in [-0.2, 0) is 9.47 Å². The van der Waals surface area contributed by atoms with Crippen LogP contribution in [-0.4, -0.2) is 68.2 Å². The first-order chi connectivity index (χ1) is 14.7. The maximum Gasteiger partial charge on any atom is 0.407 e. The number of β-amino-alcohol motifs (C(OH)–C–C–N with tert-alkyl or cyclic N) is 1. The molecule has 0 spiro atoms. The van der Waals surface area contributed by atoms with Gasteiger partial charge in [-0.25, -0.2) is 4.79 Å². The van der Waals surface area contributed by atoms with Crippen LogP contribution in [0.15, 0.2) is 48.5 Å². The van der Waals surface area contributed by atoms with Crippen molar-refractivity contribution in [3.8, 4) is 11.1 Å². The normalized spacial score (nSPS) is 17.9. The Balaban J connectivity index is 1.27. The lowest BCUT2D eigenvalue weighted by molar-refractivity contribution is 0.0308. The van der Waals surface area contributed by atoms with Gasteiger partial charge in [0.2, 0.25) is 0 Å². The molecule has 2 aromatic rings. The smallest absolute Gasteiger partial charge is 0.407 e. The number of hydrogen-bond acceptors (Lipinski definition) is 5. The first-order valence-electron chi connectivity index (χ1n) is 10.7. The molecule has 0 saturated carbocycles. The van der Waals surface area contributed by atoms with Gasteiger partial charge in [-0.2, -0.15) is 0 Å². The number of likely N-dealkylation sites (tertiary alicyclic amines) is 1. The molecule has 0 bridgehead atoms. The number of carbonyl (C=O) groups is 1. The van der Waals surface area contributed by atoms with Gasteiger partial charge in [0.15, 0.2) is 0 Å². The fourth-order valence-corrected chi connectivity index (χ4v) is 4.61. The molecular formula is C24H30N2O4. The molecule has 2 aliphatic rings. The van der Waals surface area contributed by atoms with Crippen LogP contribution in [0.2, 0.25) is 0 Å². The minimum Gasteiger partial charge on any atom is -0.449 e. The first-order valence-corrected chi connectivity index (χ1v) is 10.7. The summed E-state index contributed by atoms with van der Waals surface area (Å²) in [4.78, 5) is 14.6. The molecule has 30 heavy (non-hydrogen) atoms. The molecule has 1 unspecified atom stereocenters. The summed E-state index contributed by atoms with van der Waals surface area (Å²) in [6.45, 7) is 2.97. The fourth-order valence-electron chi connectivity index (χ4n) is 4.61. The number of aliphatic hydroxyl groups excluding tert-OH is 1. The van der Waals surface area contributed by atoms with Crippen molar-refractivity contribution in [3.63, 3.8) is 0 Å². The summed E-state index contributed by atoms with van der Waals surface area (Å²) in [5.41, 5.74) is 4.89. The number of nitrogens with one attached hydrogen (secondary N) is 1. The summed E-state index contributed by atoms with van der Waals surface area (Å²) in [5, 5.41) is 12.9. The number of benzene rings is 2. The predicted octanol–water partition coefficient (Wildman–Crippen LogP) is 3.00. The van der Waals surface area contributed by atoms with Gasteiger partial charge in [-0.3, -0.25) is 0 Å². The number of nitrogens with zero attached hydrogens (tertiary/aromatic N) is 1. The van der Waals surface area contributed by atoms with E-state index in [0.717, 1.165) is 25.9 Å². The molecule has 1 aliphatic heterocycles. The quantitative estimate of drug-likeness (QED) is 0.734. The van der Waals surface area contributed by atoms with Crippen LogP contribution < -0.4 is 5.32 Å². The highest BCUT2D eigenvalue weighted by Crippen LogP contribution is 2.44. The summed E-state index contributed by atoms with van der Waals surface area (Å²) in [5.74, 6) is 0.0762. The van der Waals surface area contributed by atoms with Crippen molar-refractivity contribution in [2.75, 3.05) is 40.0 Å². The number of hydrogen-bond donors (Lipinski definition) is 2. The molecule has 4 rings (SSSR count). The van der Waals surface area contributed by atoms with Gasteiger partial charge < -0.3 is 24.8 Å². The van der Waals surface area contributed by atoms with E-state index in [9.17, 15) is 9.90 Å². The molecule has 1 amide bonds. The Hall–Kier alpha value is -2.41. The van der Waals surface area contributed by atoms with Crippen LogP contribution in [0.25, 0.3) is 11.1 Å². The molecule has 1 atom stereocenters. The van der Waals surface area contributed by atoms with Crippen LogP contribution in [0.5, 0.6) is 0 Å². The SMILES string of the molecule is COCC(O)CN1CCC(NC(=O)OCC2c3ccccc3-c3ccccc32)CC1. The number of ether oxygens (including phenoxy) is 2. The van der Waals surface area contributed by atoms with E-state index in [1.807, 2.05) is 24.3 Å². The van der Waals surface area contributed by atoms with Gasteiger partial charge in [0.05, 0.1) is 12.7 Å². The number of rotatable bonds is 7. The third-order valence-corrected chi connectivity index (χ3v) is 6.08. The number of aliphatic hydroxyl groups is 1. The summed E-state index contributed by atoms with van der Waals surface area (Å²) in [6, 6.07) is 16.8. The Morgan fingerprint density at radius 3 is 2.30 bits per heavy atom. The van der Waals surface area contributed by atoms with E-state index in [0.29, 0.717) is 19.8 Å². The standard InChI is InChI=1S/C24H30N2O4/c1-29-15-18(27)14-26-12-10-17(11-13-26)25-24(28)30-16-23-21-8-4-2-6-19(21)20-7-3-5-9-22(20)23/h2-9,17-18,23,27H,10-16H2,1H3,(H,25,28). The Kier molecular flexibility index (Phi) is 6.67. The van der Waals surface area contributed by atoms with E-state index in [1.165, 1.54) is 22.3 Å². The van der Waals surface area contributed by atoms with E-state index in [1.54, 1.807) is 7.11 Å². The van der Waals surface area contributed by atoms with Gasteiger partial charge >= 0.3 is 6.09 Å². The zero-order chi connectivity index (χ0) is 20.9. The molecule has 1 heterocycles. The number of amides is 1. The molecule has 160 valence electrons. The number of piperidine rings is 1. The van der Waals surface area contributed by atoms with Gasteiger partial charge in [-0.1, -0.05) is 48.5 Å². The van der Waals surface area contributed by atoms with E-state index >= 15 is 0 Å². The molecule has 0 aromatic heterocycles. The summed E-state index contributed by atoms with van der Waals surface area (Å²) in [6.07, 6.45) is 0.879. The average molecular weight is 411 g/mol. The lowest BCUT2D eigenvalue weighted by atomic mass is 9.98. The second kappa shape index (κ2) is 9.60. The van der Waals surface area contributed by atoms with Gasteiger partial charge in [0, 0.05) is 38.7 Å². The molecule has 2 aromatic carbocycles. The Labute approximate surface area is 177 Å². The predicted molar refractivity (Wildman–Crippen MR) is 116 cm³/mol. The third-order valence-electron chi connectivity index (χ3n) is 6.08. The Bertz CT molecular complexity index is 818. The molecule has 0 radical (unpaired) electrons. The number of carbonyl (C=O) groups excluding carboxylic acids is 1. The van der Waals surface area contributed by atoms with Crippen LogP contribution >= 0.6 is 0 Å². The van der Waals surface area contributed by atoms with Crippen molar-refractivity contribution in [2.24, 2.45) is 0 Å². The molecular weight excluding hydrogens is 380 g/mol. The van der Waals surface area contributed by atoms with Crippen molar-refractivity contribution >= 4 is 6.09 Å². The molecule has 1 aliphatic carbocycles. The minimum atomic E-state index is -0.471. The minimum absolute atomic E-state index is 0.0762. The lowest BCUT2D eigenvalue weighted by Crippen LogP contribution is -2.47. The number of methoxy groups -OCH3 is 1. The second-order valence-corrected chi connectivity index (χ2v) is 8.15. The summed E-state index contributed by atoms with van der Waals surface area (Å²) >= 11 is 0. The maximum absolute atomic E-state index is 12.4. The summed E-state index contributed by atoms with van der Waals surface area (Å²) in [7, 11) is 1.59. The van der Waals surface area contributed by atoms with Gasteiger partial charge in [-0.05, 0) is 35.1 Å². The monoisotopic (exact) mass is 410 g/mol. The highest BCUT2D eigenvalue weighted by molar-refractivity contribution is 5.79. The highest BCUT2D eigenvalue weighted by Gasteiger charge is 2.29. The van der Waals surface area contributed by atoms with Crippen molar-refractivity contribution in [1.82, 2.24) is 10.2 Å². The van der Waals surface area contributed by atoms with Crippen LogP contribution in [0.3, 0.4) is 0 Å². The van der Waals surface area contributed by atoms with Crippen LogP contribution in [0.1, 0.15) is 29.9 Å². The number of fused-ring (bicyclic) bond motifs is 3. The van der Waals surface area contributed by atoms with Crippen LogP contribution in [0.4, 0.5) is 4.79 Å². The highest BCUT2D eigenvalue weighted by atomic mass is 16.5. The van der Waals surface area contributed by atoms with Crippen molar-refractivity contribution in [2.45, 2.75) is 30.9 Å². The third kappa shape index (κ3) is 4.67. The second-order valence-electron chi connectivity index (χ2n) is 8.15. The topological polar surface area (TPSA) is 71.0 Å².